The molecule has 0 fully saturated rings. The van der Waals surface area contributed by atoms with E-state index in [0.717, 1.165) is 5.56 Å². The second-order valence-corrected chi connectivity index (χ2v) is 11.5. The van der Waals surface area contributed by atoms with Crippen molar-refractivity contribution in [3.63, 3.8) is 0 Å². The van der Waals surface area contributed by atoms with Crippen LogP contribution in [0, 0.1) is 17.7 Å². The van der Waals surface area contributed by atoms with Crippen molar-refractivity contribution in [1.82, 2.24) is 9.80 Å². The molecule has 2 atom stereocenters. The van der Waals surface area contributed by atoms with Gasteiger partial charge in [0.1, 0.15) is 0 Å². The van der Waals surface area contributed by atoms with Crippen molar-refractivity contribution in [3.8, 4) is 23.0 Å². The highest BCUT2D eigenvalue weighted by Gasteiger charge is 2.32. The van der Waals surface area contributed by atoms with Crippen LogP contribution >= 0.6 is 11.6 Å². The van der Waals surface area contributed by atoms with E-state index in [-0.39, 0.29) is 91.9 Å². The third kappa shape index (κ3) is 7.35. The predicted molar refractivity (Wildman–Crippen MR) is 158 cm³/mol. The Kier molecular flexibility index (Phi) is 10.6. The van der Waals surface area contributed by atoms with Gasteiger partial charge in [0.05, 0.1) is 44.3 Å². The van der Waals surface area contributed by atoms with Gasteiger partial charge >= 0.3 is 11.9 Å². The first-order valence-electron chi connectivity index (χ1n) is 14.4. The van der Waals surface area contributed by atoms with E-state index < -0.39 is 29.6 Å². The summed E-state index contributed by atoms with van der Waals surface area (Å²) in [4.78, 5) is 50.5. The minimum atomic E-state index is -1.08. The van der Waals surface area contributed by atoms with Crippen LogP contribution in [-0.4, -0.2) is 71.2 Å². The second-order valence-electron chi connectivity index (χ2n) is 11.2. The van der Waals surface area contributed by atoms with Gasteiger partial charge in [-0.25, -0.2) is 4.39 Å². The summed E-state index contributed by atoms with van der Waals surface area (Å²) in [6.45, 7) is 3.72. The molecule has 0 saturated carbocycles. The molecule has 2 amide bonds. The summed E-state index contributed by atoms with van der Waals surface area (Å²) >= 11 is 6.67. The fourth-order valence-corrected chi connectivity index (χ4v) is 5.54. The lowest BCUT2D eigenvalue weighted by Crippen LogP contribution is -2.28. The highest BCUT2D eigenvalue weighted by atomic mass is 35.5. The quantitative estimate of drug-likeness (QED) is 0.284. The maximum Gasteiger partial charge on any atom is 0.306 e. The summed E-state index contributed by atoms with van der Waals surface area (Å²) in [5.41, 5.74) is 2.32. The zero-order valence-electron chi connectivity index (χ0n) is 25.5. The molecule has 2 heterocycles. The molecule has 2 unspecified atom stereocenters. The molecule has 14 heteroatoms. The molecule has 45 heavy (non-hydrogen) atoms. The summed E-state index contributed by atoms with van der Waals surface area (Å²) in [7, 11) is 2.85. The second kappa shape index (κ2) is 14.2. The van der Waals surface area contributed by atoms with Crippen LogP contribution in [0.2, 0.25) is 5.02 Å². The number of carbonyl (C=O) groups is 4. The summed E-state index contributed by atoms with van der Waals surface area (Å²) < 4.78 is 38.0. The van der Waals surface area contributed by atoms with Crippen LogP contribution in [0.25, 0.3) is 0 Å². The molecule has 0 aliphatic carbocycles. The number of benzene rings is 2. The van der Waals surface area contributed by atoms with Gasteiger partial charge in [-0.05, 0) is 28.8 Å². The van der Waals surface area contributed by atoms with Crippen molar-refractivity contribution in [2.24, 2.45) is 11.8 Å². The van der Waals surface area contributed by atoms with Crippen LogP contribution in [0.1, 0.15) is 55.4 Å². The van der Waals surface area contributed by atoms with E-state index in [4.69, 9.17) is 40.8 Å². The van der Waals surface area contributed by atoms with Crippen LogP contribution in [0.3, 0.4) is 0 Å². The number of hydrogen-bond acceptors (Lipinski definition) is 8. The summed E-state index contributed by atoms with van der Waals surface area (Å²) in [6.07, 6.45) is 0.0119. The Bertz CT molecular complexity index is 1390. The number of halogens is 2. The van der Waals surface area contributed by atoms with E-state index in [2.05, 4.69) is 0 Å². The molecule has 12 nitrogen and oxygen atoms in total. The van der Waals surface area contributed by atoms with Crippen molar-refractivity contribution in [2.45, 2.75) is 59.3 Å². The number of carbonyl (C=O) groups excluding carboxylic acids is 2. The van der Waals surface area contributed by atoms with Crippen molar-refractivity contribution >= 4 is 35.4 Å². The van der Waals surface area contributed by atoms with Crippen LogP contribution < -0.4 is 18.9 Å². The summed E-state index contributed by atoms with van der Waals surface area (Å²) in [5, 5.41) is 18.5. The fraction of sp³-hybridized carbons (Fsp3) is 0.484. The number of carboxylic acids is 2. The lowest BCUT2D eigenvalue weighted by atomic mass is 10.1. The predicted octanol–water partition coefficient (Wildman–Crippen LogP) is 4.25. The standard InChI is InChI=1S/C31H36ClFN2O10/c1-16(30(38)39)8-24(36)34-12-18-10-22(42-3)28(26(32)20(18)14-34)44-6-5-7-45-29-23(43-4)11-19-13-35(15-21(19)27(29)33)25(37)9-17(2)31(40)41/h10-11,16-17H,5-9,12-15H2,1-4H3,(H,38,39)(H,40,41). The van der Waals surface area contributed by atoms with Gasteiger partial charge < -0.3 is 39.0 Å². The monoisotopic (exact) mass is 650 g/mol. The molecule has 0 spiro atoms. The number of fused-ring (bicyclic) bond motifs is 2. The van der Waals surface area contributed by atoms with Crippen LogP contribution in [0.5, 0.6) is 23.0 Å². The molecule has 0 bridgehead atoms. The number of nitrogens with zero attached hydrogens (tertiary/aromatic N) is 2. The number of carboxylic acid groups (broad SMARTS) is 2. The molecule has 2 aliphatic rings. The zero-order valence-corrected chi connectivity index (χ0v) is 26.2. The maximum absolute atomic E-state index is 15.5. The van der Waals surface area contributed by atoms with E-state index in [1.54, 1.807) is 12.1 Å². The van der Waals surface area contributed by atoms with Crippen LogP contribution in [-0.2, 0) is 45.4 Å². The molecule has 244 valence electrons. The Labute approximate surface area is 264 Å². The highest BCUT2D eigenvalue weighted by molar-refractivity contribution is 6.33. The van der Waals surface area contributed by atoms with Gasteiger partial charge in [0, 0.05) is 51.0 Å². The first-order valence-corrected chi connectivity index (χ1v) is 14.8. The Morgan fingerprint density at radius 1 is 0.800 bits per heavy atom. The van der Waals surface area contributed by atoms with Crippen molar-refractivity contribution in [1.29, 1.82) is 0 Å². The van der Waals surface area contributed by atoms with Gasteiger partial charge in [0.25, 0.3) is 0 Å². The molecule has 2 aromatic rings. The number of aliphatic carboxylic acids is 2. The van der Waals surface area contributed by atoms with Gasteiger partial charge in [-0.3, -0.25) is 19.2 Å². The van der Waals surface area contributed by atoms with Gasteiger partial charge in [-0.15, -0.1) is 0 Å². The van der Waals surface area contributed by atoms with E-state index in [1.807, 2.05) is 0 Å². The molecule has 0 radical (unpaired) electrons. The maximum atomic E-state index is 15.5. The molecule has 2 aliphatic heterocycles. The van der Waals surface area contributed by atoms with Gasteiger partial charge in [-0.1, -0.05) is 25.4 Å². The first-order chi connectivity index (χ1) is 21.4. The third-order valence-electron chi connectivity index (χ3n) is 7.91. The van der Waals surface area contributed by atoms with Crippen molar-refractivity contribution in [3.05, 3.63) is 45.2 Å². The fourth-order valence-electron chi connectivity index (χ4n) is 5.21. The average molecular weight is 651 g/mol. The largest absolute Gasteiger partial charge is 0.493 e. The SMILES string of the molecule is COc1cc2c(c(F)c1OCCCOc1c(OC)cc3c(c1Cl)CN(C(=O)CC(C)C(=O)O)C3)CN(C(=O)CC(C)C(=O)O)C2. The van der Waals surface area contributed by atoms with Crippen LogP contribution in [0.15, 0.2) is 12.1 Å². The first kappa shape index (κ1) is 33.6. The molecule has 2 aromatic carbocycles. The average Bonchev–Trinajstić information content (AvgIpc) is 3.63. The molecular formula is C31H36ClFN2O10. The number of hydrogen-bond donors (Lipinski definition) is 2. The molecule has 0 saturated heterocycles. The lowest BCUT2D eigenvalue weighted by Gasteiger charge is -2.17. The van der Waals surface area contributed by atoms with Gasteiger partial charge in [0.2, 0.25) is 11.8 Å². The van der Waals surface area contributed by atoms with Crippen molar-refractivity contribution < 1.29 is 52.7 Å². The Morgan fingerprint density at radius 3 is 1.73 bits per heavy atom. The van der Waals surface area contributed by atoms with Crippen molar-refractivity contribution in [2.75, 3.05) is 27.4 Å². The third-order valence-corrected chi connectivity index (χ3v) is 8.31. The smallest absolute Gasteiger partial charge is 0.306 e. The number of rotatable bonds is 14. The van der Waals surface area contributed by atoms with E-state index in [1.165, 1.54) is 37.9 Å². The number of methoxy groups -OCH3 is 2. The van der Waals surface area contributed by atoms with Gasteiger partial charge in [0.15, 0.2) is 28.8 Å². The van der Waals surface area contributed by atoms with E-state index in [0.29, 0.717) is 23.3 Å². The summed E-state index contributed by atoms with van der Waals surface area (Å²) in [6, 6.07) is 3.35. The van der Waals surface area contributed by atoms with Crippen LogP contribution in [0.4, 0.5) is 4.39 Å². The Morgan fingerprint density at radius 2 is 1.24 bits per heavy atom. The minimum absolute atomic E-state index is 0.00592. The van der Waals surface area contributed by atoms with E-state index in [9.17, 15) is 19.2 Å². The number of amides is 2. The minimum Gasteiger partial charge on any atom is -0.493 e. The molecule has 0 aromatic heterocycles. The topological polar surface area (TPSA) is 152 Å². The lowest BCUT2D eigenvalue weighted by molar-refractivity contribution is -0.145. The Hall–Kier alpha value is -4.26. The highest BCUT2D eigenvalue weighted by Crippen LogP contribution is 2.44. The van der Waals surface area contributed by atoms with E-state index >= 15 is 4.39 Å². The normalized spacial score (nSPS) is 14.8. The zero-order chi connectivity index (χ0) is 33.0. The molecule has 4 rings (SSSR count). The molecule has 2 N–H and O–H groups in total. The molecular weight excluding hydrogens is 615 g/mol. The van der Waals surface area contributed by atoms with Gasteiger partial charge in [-0.2, -0.15) is 0 Å². The Balaban J connectivity index is 1.36. The summed E-state index contributed by atoms with van der Waals surface area (Å²) in [5.74, 6) is -4.38. The number of ether oxygens (including phenoxy) is 4.